The Bertz CT molecular complexity index is 979. The monoisotopic (exact) mass is 452 g/mol. The van der Waals surface area contributed by atoms with Gasteiger partial charge in [0.1, 0.15) is 5.75 Å². The summed E-state index contributed by atoms with van der Waals surface area (Å²) in [5, 5.41) is 0. The SMILES string of the molecule is CN(Cc1ccc(OC(F)F)cc1)C(=O)CNS(=O)(=O)c1cccc(C(F)(F)F)c1. The van der Waals surface area contributed by atoms with Crippen molar-refractivity contribution in [2.75, 3.05) is 13.6 Å². The standard InChI is InChI=1S/C18H17F5N2O4S/c1-25(11-12-5-7-14(8-6-12)29-17(19)20)16(26)10-24-30(27,28)15-4-2-3-13(9-15)18(21,22)23/h2-9,17,24H,10-11H2,1H3. The van der Waals surface area contributed by atoms with Crippen LogP contribution in [0.4, 0.5) is 22.0 Å². The summed E-state index contributed by atoms with van der Waals surface area (Å²) in [6.45, 7) is -3.61. The summed E-state index contributed by atoms with van der Waals surface area (Å²) in [6.07, 6.45) is -4.71. The molecule has 2 aromatic rings. The van der Waals surface area contributed by atoms with Crippen LogP contribution in [-0.2, 0) is 27.5 Å². The lowest BCUT2D eigenvalue weighted by Crippen LogP contribution is -2.37. The molecule has 2 rings (SSSR count). The van der Waals surface area contributed by atoms with E-state index >= 15 is 0 Å². The highest BCUT2D eigenvalue weighted by Gasteiger charge is 2.31. The summed E-state index contributed by atoms with van der Waals surface area (Å²) < 4.78 is 93.1. The summed E-state index contributed by atoms with van der Waals surface area (Å²) in [5.74, 6) is -0.713. The minimum absolute atomic E-state index is 0.0408. The molecule has 0 unspecified atom stereocenters. The lowest BCUT2D eigenvalue weighted by atomic mass is 10.2. The van der Waals surface area contributed by atoms with Crippen LogP contribution >= 0.6 is 0 Å². The van der Waals surface area contributed by atoms with Gasteiger partial charge in [-0.15, -0.1) is 0 Å². The first-order valence-corrected chi connectivity index (χ1v) is 9.81. The van der Waals surface area contributed by atoms with Gasteiger partial charge in [-0.05, 0) is 35.9 Å². The Hall–Kier alpha value is -2.73. The molecule has 6 nitrogen and oxygen atoms in total. The number of halogens is 5. The van der Waals surface area contributed by atoms with E-state index in [2.05, 4.69) is 4.74 Å². The van der Waals surface area contributed by atoms with Gasteiger partial charge in [-0.2, -0.15) is 22.0 Å². The molecule has 0 bridgehead atoms. The Labute approximate surface area is 169 Å². The molecule has 0 saturated heterocycles. The van der Waals surface area contributed by atoms with E-state index in [4.69, 9.17) is 0 Å². The number of nitrogens with one attached hydrogen (secondary N) is 1. The van der Waals surface area contributed by atoms with Gasteiger partial charge in [0.05, 0.1) is 17.0 Å². The van der Waals surface area contributed by atoms with Crippen molar-refractivity contribution in [3.8, 4) is 5.75 Å². The van der Waals surface area contributed by atoms with E-state index in [1.54, 1.807) is 0 Å². The van der Waals surface area contributed by atoms with E-state index in [9.17, 15) is 35.2 Å². The molecule has 30 heavy (non-hydrogen) atoms. The first-order chi connectivity index (χ1) is 13.9. The van der Waals surface area contributed by atoms with E-state index in [1.165, 1.54) is 31.3 Å². The second-order valence-electron chi connectivity index (χ2n) is 6.12. The van der Waals surface area contributed by atoms with Crippen LogP contribution in [0.3, 0.4) is 0 Å². The predicted octanol–water partition coefficient (Wildman–Crippen LogP) is 3.24. The molecule has 0 saturated carbocycles. The van der Waals surface area contributed by atoms with Crippen molar-refractivity contribution >= 4 is 15.9 Å². The molecule has 0 aliphatic heterocycles. The number of benzene rings is 2. The average Bonchev–Trinajstić information content (AvgIpc) is 2.66. The van der Waals surface area contributed by atoms with Crippen LogP contribution in [0.2, 0.25) is 0 Å². The maximum Gasteiger partial charge on any atom is 0.416 e. The Balaban J connectivity index is 1.97. The number of ether oxygens (including phenoxy) is 1. The van der Waals surface area contributed by atoms with Crippen LogP contribution in [0, 0.1) is 0 Å². The van der Waals surface area contributed by atoms with Crippen LogP contribution in [0.15, 0.2) is 53.4 Å². The van der Waals surface area contributed by atoms with E-state index in [0.717, 1.165) is 23.1 Å². The quantitative estimate of drug-likeness (QED) is 0.624. The van der Waals surface area contributed by atoms with Crippen molar-refractivity contribution in [3.05, 3.63) is 59.7 Å². The molecule has 0 heterocycles. The fourth-order valence-electron chi connectivity index (χ4n) is 2.35. The summed E-state index contributed by atoms with van der Waals surface area (Å²) in [7, 11) is -2.97. The number of amides is 1. The molecular formula is C18H17F5N2O4S. The van der Waals surface area contributed by atoms with Crippen molar-refractivity contribution < 1.29 is 39.9 Å². The normalized spacial score (nSPS) is 12.1. The molecule has 0 radical (unpaired) electrons. The fourth-order valence-corrected chi connectivity index (χ4v) is 3.37. The molecule has 1 amide bonds. The van der Waals surface area contributed by atoms with E-state index in [0.29, 0.717) is 11.6 Å². The predicted molar refractivity (Wildman–Crippen MR) is 96.2 cm³/mol. The Morgan fingerprint density at radius 1 is 1.13 bits per heavy atom. The van der Waals surface area contributed by atoms with Gasteiger partial charge in [-0.3, -0.25) is 4.79 Å². The molecular weight excluding hydrogens is 435 g/mol. The zero-order valence-corrected chi connectivity index (χ0v) is 16.3. The van der Waals surface area contributed by atoms with Gasteiger partial charge in [0, 0.05) is 13.6 Å². The van der Waals surface area contributed by atoms with Gasteiger partial charge in [0.25, 0.3) is 0 Å². The van der Waals surface area contributed by atoms with E-state index in [1.807, 2.05) is 4.72 Å². The molecule has 12 heteroatoms. The number of carbonyl (C=O) groups is 1. The molecule has 0 aromatic heterocycles. The molecule has 0 aliphatic carbocycles. The van der Waals surface area contributed by atoms with Crippen LogP contribution < -0.4 is 9.46 Å². The molecule has 164 valence electrons. The number of hydrogen-bond donors (Lipinski definition) is 1. The zero-order chi connectivity index (χ0) is 22.5. The number of likely N-dealkylation sites (N-methyl/N-ethyl adjacent to an activating group) is 1. The van der Waals surface area contributed by atoms with Gasteiger partial charge < -0.3 is 9.64 Å². The highest BCUT2D eigenvalue weighted by atomic mass is 32.2. The van der Waals surface area contributed by atoms with Crippen LogP contribution in [0.1, 0.15) is 11.1 Å². The largest absolute Gasteiger partial charge is 0.435 e. The smallest absolute Gasteiger partial charge is 0.416 e. The van der Waals surface area contributed by atoms with E-state index in [-0.39, 0.29) is 12.3 Å². The lowest BCUT2D eigenvalue weighted by Gasteiger charge is -2.18. The lowest BCUT2D eigenvalue weighted by molar-refractivity contribution is -0.137. The van der Waals surface area contributed by atoms with E-state index < -0.39 is 45.7 Å². The maximum atomic E-state index is 12.7. The number of rotatable bonds is 8. The molecule has 2 aromatic carbocycles. The highest BCUT2D eigenvalue weighted by Crippen LogP contribution is 2.30. The molecule has 0 spiro atoms. The van der Waals surface area contributed by atoms with Crippen molar-refractivity contribution in [2.24, 2.45) is 0 Å². The van der Waals surface area contributed by atoms with Gasteiger partial charge in [0.15, 0.2) is 0 Å². The Kier molecular flexibility index (Phi) is 7.37. The van der Waals surface area contributed by atoms with Gasteiger partial charge >= 0.3 is 12.8 Å². The summed E-state index contributed by atoms with van der Waals surface area (Å²) >= 11 is 0. The Morgan fingerprint density at radius 3 is 2.33 bits per heavy atom. The Morgan fingerprint density at radius 2 is 1.77 bits per heavy atom. The number of carbonyl (C=O) groups excluding carboxylic acids is 1. The van der Waals surface area contributed by atoms with Crippen LogP contribution in [-0.4, -0.2) is 39.4 Å². The number of sulfonamides is 1. The summed E-state index contributed by atoms with van der Waals surface area (Å²) in [5.41, 5.74) is -0.568. The first kappa shape index (κ1) is 23.5. The number of hydrogen-bond acceptors (Lipinski definition) is 4. The average molecular weight is 452 g/mol. The van der Waals surface area contributed by atoms with Gasteiger partial charge in [-0.1, -0.05) is 18.2 Å². The molecule has 0 fully saturated rings. The summed E-state index contributed by atoms with van der Waals surface area (Å²) in [4.78, 5) is 12.7. The maximum absolute atomic E-state index is 12.7. The second kappa shape index (κ2) is 9.39. The fraction of sp³-hybridized carbons (Fsp3) is 0.278. The minimum Gasteiger partial charge on any atom is -0.435 e. The molecule has 0 atom stereocenters. The third-order valence-electron chi connectivity index (χ3n) is 3.88. The van der Waals surface area contributed by atoms with Crippen molar-refractivity contribution in [2.45, 2.75) is 24.2 Å². The molecule has 0 aliphatic rings. The third-order valence-corrected chi connectivity index (χ3v) is 5.28. The number of alkyl halides is 5. The topological polar surface area (TPSA) is 75.7 Å². The zero-order valence-electron chi connectivity index (χ0n) is 15.5. The van der Waals surface area contributed by atoms with Crippen molar-refractivity contribution in [1.82, 2.24) is 9.62 Å². The van der Waals surface area contributed by atoms with Crippen LogP contribution in [0.25, 0.3) is 0 Å². The second-order valence-corrected chi connectivity index (χ2v) is 7.89. The first-order valence-electron chi connectivity index (χ1n) is 8.33. The van der Waals surface area contributed by atoms with Crippen molar-refractivity contribution in [1.29, 1.82) is 0 Å². The highest BCUT2D eigenvalue weighted by molar-refractivity contribution is 7.89. The third kappa shape index (κ3) is 6.66. The van der Waals surface area contributed by atoms with Gasteiger partial charge in [0.2, 0.25) is 15.9 Å². The van der Waals surface area contributed by atoms with Crippen LogP contribution in [0.5, 0.6) is 5.75 Å². The van der Waals surface area contributed by atoms with Crippen molar-refractivity contribution in [3.63, 3.8) is 0 Å². The molecule has 1 N–H and O–H groups in total. The minimum atomic E-state index is -4.71. The van der Waals surface area contributed by atoms with Gasteiger partial charge in [-0.25, -0.2) is 13.1 Å². The number of nitrogens with zero attached hydrogens (tertiary/aromatic N) is 1. The summed E-state index contributed by atoms with van der Waals surface area (Å²) in [6, 6.07) is 8.62.